The molecule has 0 bridgehead atoms. The van der Waals surface area contributed by atoms with E-state index in [1.165, 1.54) is 4.90 Å². The van der Waals surface area contributed by atoms with Crippen molar-refractivity contribution in [2.45, 2.75) is 44.2 Å². The van der Waals surface area contributed by atoms with Gasteiger partial charge >= 0.3 is 24.4 Å². The van der Waals surface area contributed by atoms with E-state index in [1.807, 2.05) is 30.3 Å². The molecule has 0 radical (unpaired) electrons. The molecule has 3 fully saturated rings. The number of benzene rings is 1. The van der Waals surface area contributed by atoms with Gasteiger partial charge < -0.3 is 9.64 Å². The largest absolute Gasteiger partial charge is 0.446 e. The number of carbonyl (C=O) groups excluding carboxylic acids is 4. The number of carbonyl (C=O) groups is 4. The number of ether oxygens (including phenoxy) is 1. The van der Waals surface area contributed by atoms with Crippen molar-refractivity contribution in [2.24, 2.45) is 0 Å². The Hall–Kier alpha value is -3.18. The summed E-state index contributed by atoms with van der Waals surface area (Å²) >= 11 is 0. The van der Waals surface area contributed by atoms with E-state index in [1.54, 1.807) is 10.4 Å². The van der Waals surface area contributed by atoms with Crippen molar-refractivity contribution in [3.8, 4) is 0 Å². The predicted molar refractivity (Wildman–Crippen MR) is 125 cm³/mol. The lowest BCUT2D eigenvalue weighted by Crippen LogP contribution is -2.74. The predicted octanol–water partition coefficient (Wildman–Crippen LogP) is 1.56. The Bertz CT molecular complexity index is 916. The van der Waals surface area contributed by atoms with Gasteiger partial charge in [-0.05, 0) is 37.8 Å². The van der Waals surface area contributed by atoms with E-state index in [2.05, 4.69) is 4.90 Å². The second-order valence-corrected chi connectivity index (χ2v) is 9.43. The minimum Gasteiger partial charge on any atom is -0.446 e. The number of quaternary nitrogens is 1. The lowest BCUT2D eigenvalue weighted by atomic mass is 9.98. The van der Waals surface area contributed by atoms with Crippen LogP contribution in [0.15, 0.2) is 30.3 Å². The van der Waals surface area contributed by atoms with Crippen LogP contribution in [0.4, 0.5) is 15.3 Å². The van der Waals surface area contributed by atoms with Crippen LogP contribution in [0.5, 0.6) is 0 Å². The summed E-state index contributed by atoms with van der Waals surface area (Å²) < 4.78 is 4.82. The fourth-order valence-corrected chi connectivity index (χ4v) is 5.28. The van der Waals surface area contributed by atoms with Crippen molar-refractivity contribution < 1.29 is 33.6 Å². The number of anilines is 1. The molecule has 1 aliphatic carbocycles. The van der Waals surface area contributed by atoms with Crippen molar-refractivity contribution in [1.29, 1.82) is 0 Å². The van der Waals surface area contributed by atoms with Crippen LogP contribution in [-0.4, -0.2) is 102 Å². The van der Waals surface area contributed by atoms with Gasteiger partial charge in [-0.3, -0.25) is 19.8 Å². The van der Waals surface area contributed by atoms with E-state index in [4.69, 9.17) is 4.74 Å². The molecule has 11 heteroatoms. The summed E-state index contributed by atoms with van der Waals surface area (Å²) in [7, 11) is 0. The Kier molecular flexibility index (Phi) is 7.86. The number of rotatable bonds is 4. The first-order valence-corrected chi connectivity index (χ1v) is 12.3. The number of hydroxylamine groups is 1. The highest BCUT2D eigenvalue weighted by atomic mass is 16.6. The molecule has 0 unspecified atom stereocenters. The molecular formula is C24H34N5O6+. The summed E-state index contributed by atoms with van der Waals surface area (Å²) in [6.45, 7) is 1.78. The molecule has 0 spiro atoms. The van der Waals surface area contributed by atoms with E-state index >= 15 is 0 Å². The van der Waals surface area contributed by atoms with Gasteiger partial charge in [-0.2, -0.15) is 4.48 Å². The van der Waals surface area contributed by atoms with Crippen molar-refractivity contribution in [1.82, 2.24) is 15.3 Å². The van der Waals surface area contributed by atoms with Crippen molar-refractivity contribution in [3.05, 3.63) is 30.3 Å². The Labute approximate surface area is 204 Å². The number of amides is 5. The quantitative estimate of drug-likeness (QED) is 0.286. The molecule has 3 aliphatic rings. The summed E-state index contributed by atoms with van der Waals surface area (Å²) in [5.74, 6) is -0.886. The molecule has 2 N–H and O–H groups in total. The Morgan fingerprint density at radius 1 is 0.971 bits per heavy atom. The molecule has 35 heavy (non-hydrogen) atoms. The van der Waals surface area contributed by atoms with E-state index in [0.717, 1.165) is 37.8 Å². The lowest BCUT2D eigenvalue weighted by Gasteiger charge is -2.45. The Morgan fingerprint density at radius 3 is 2.29 bits per heavy atom. The lowest BCUT2D eigenvalue weighted by molar-refractivity contribution is -0.791. The number of para-hydroxylation sites is 1. The molecule has 5 amide bonds. The second-order valence-electron chi connectivity index (χ2n) is 9.43. The molecule has 11 nitrogen and oxygen atoms in total. The zero-order valence-electron chi connectivity index (χ0n) is 19.9. The third-order valence-electron chi connectivity index (χ3n) is 7.40. The third kappa shape index (κ3) is 5.25. The number of hydrogen-bond donors (Lipinski definition) is 2. The van der Waals surface area contributed by atoms with E-state index in [0.29, 0.717) is 32.6 Å². The minimum absolute atomic E-state index is 0.0704. The molecule has 2 heterocycles. The standard InChI is InChI=1S/C24H33N5O6/c30-18-29(23(32)27-13-11-26(12-14-27)19-7-3-1-4-8-19)16-15-28(17-21(29)22(31)25-34)24(33)35-20-9-5-2-6-10-20/h1,3-4,7-8,18,20-21H,2,5-6,9-17H2,(H-,25,31,34)/p+1/t21-,29+/m0/s1. The number of piperazine rings is 2. The van der Waals surface area contributed by atoms with Gasteiger partial charge in [0.25, 0.3) is 0 Å². The zero-order valence-corrected chi connectivity index (χ0v) is 19.9. The van der Waals surface area contributed by atoms with Gasteiger partial charge in [0.1, 0.15) is 12.6 Å². The van der Waals surface area contributed by atoms with Crippen LogP contribution in [0.25, 0.3) is 0 Å². The normalized spacial score (nSPS) is 25.6. The van der Waals surface area contributed by atoms with Gasteiger partial charge in [-0.1, -0.05) is 24.6 Å². The highest BCUT2D eigenvalue weighted by Gasteiger charge is 2.55. The maximum Gasteiger partial charge on any atom is 0.427 e. The molecule has 1 saturated carbocycles. The Balaban J connectivity index is 1.45. The first-order valence-electron chi connectivity index (χ1n) is 12.3. The van der Waals surface area contributed by atoms with Crippen molar-refractivity contribution >= 4 is 30.1 Å². The average Bonchev–Trinajstić information content (AvgIpc) is 2.93. The number of nitrogens with one attached hydrogen (secondary N) is 1. The fourth-order valence-electron chi connectivity index (χ4n) is 5.28. The topological polar surface area (TPSA) is 119 Å². The van der Waals surface area contributed by atoms with Gasteiger partial charge in [0.15, 0.2) is 0 Å². The van der Waals surface area contributed by atoms with Crippen molar-refractivity contribution in [2.75, 3.05) is 50.7 Å². The van der Waals surface area contributed by atoms with Crippen LogP contribution in [0.1, 0.15) is 32.1 Å². The second kappa shape index (κ2) is 11.0. The van der Waals surface area contributed by atoms with Crippen LogP contribution in [0, 0.1) is 0 Å². The van der Waals surface area contributed by atoms with E-state index in [-0.39, 0.29) is 25.7 Å². The van der Waals surface area contributed by atoms with E-state index < -0.39 is 28.6 Å². The van der Waals surface area contributed by atoms with Crippen LogP contribution in [0.3, 0.4) is 0 Å². The van der Waals surface area contributed by atoms with Crippen molar-refractivity contribution in [3.63, 3.8) is 0 Å². The third-order valence-corrected chi connectivity index (χ3v) is 7.40. The van der Waals surface area contributed by atoms with Gasteiger partial charge in [-0.15, -0.1) is 0 Å². The molecule has 2 aliphatic heterocycles. The molecule has 190 valence electrons. The smallest absolute Gasteiger partial charge is 0.427 e. The molecule has 2 saturated heterocycles. The molecule has 4 rings (SSSR count). The van der Waals surface area contributed by atoms with Crippen LogP contribution >= 0.6 is 0 Å². The number of nitrogens with zero attached hydrogens (tertiary/aromatic N) is 4. The summed E-state index contributed by atoms with van der Waals surface area (Å²) in [6.07, 6.45) is 4.50. The zero-order chi connectivity index (χ0) is 24.8. The van der Waals surface area contributed by atoms with E-state index in [9.17, 15) is 24.4 Å². The number of hydrogen-bond acceptors (Lipinski definition) is 7. The number of urea groups is 1. The molecule has 0 aromatic heterocycles. The molecule has 1 aromatic carbocycles. The maximum absolute atomic E-state index is 13.6. The maximum atomic E-state index is 13.6. The SMILES string of the molecule is O=C[N@+]1(C(=O)N2CCN(c3ccccc3)CC2)CCN(C(=O)OC2CCCCC2)C[C@H]1C(=O)NO. The summed E-state index contributed by atoms with van der Waals surface area (Å²) in [5.41, 5.74) is 2.64. The van der Waals surface area contributed by atoms with Crippen LogP contribution in [-0.2, 0) is 14.3 Å². The molecule has 1 aromatic rings. The fraction of sp³-hybridized carbons (Fsp3) is 0.583. The summed E-state index contributed by atoms with van der Waals surface area (Å²) in [5, 5.41) is 9.36. The summed E-state index contributed by atoms with van der Waals surface area (Å²) in [4.78, 5) is 56.5. The molecular weight excluding hydrogens is 454 g/mol. The highest BCUT2D eigenvalue weighted by Crippen LogP contribution is 2.26. The first kappa shape index (κ1) is 24.9. The van der Waals surface area contributed by atoms with Gasteiger partial charge in [0.05, 0.1) is 13.1 Å². The van der Waals surface area contributed by atoms with Gasteiger partial charge in [0, 0.05) is 31.9 Å². The monoisotopic (exact) mass is 488 g/mol. The molecule has 2 atom stereocenters. The van der Waals surface area contributed by atoms with Crippen LogP contribution < -0.4 is 10.4 Å². The first-order chi connectivity index (χ1) is 17.0. The van der Waals surface area contributed by atoms with Gasteiger partial charge in [-0.25, -0.2) is 19.9 Å². The number of imide groups is 1. The minimum atomic E-state index is -1.27. The van der Waals surface area contributed by atoms with Crippen LogP contribution in [0.2, 0.25) is 0 Å². The average molecular weight is 489 g/mol. The Morgan fingerprint density at radius 2 is 1.66 bits per heavy atom. The highest BCUT2D eigenvalue weighted by molar-refractivity contribution is 5.86. The summed E-state index contributed by atoms with van der Waals surface area (Å²) in [6, 6.07) is 8.09. The van der Waals surface area contributed by atoms with Gasteiger partial charge in [0.2, 0.25) is 6.04 Å².